The number of hydrogen-bond donors (Lipinski definition) is 1. The number of hydrogen-bond acceptors (Lipinski definition) is 6. The Labute approximate surface area is 182 Å². The first-order valence-electron chi connectivity index (χ1n) is 10.5. The molecular formula is C23H31FN4O3. The molecule has 0 radical (unpaired) electrons. The van der Waals surface area contributed by atoms with Crippen LogP contribution in [0.1, 0.15) is 58.9 Å². The minimum absolute atomic E-state index is 0.180. The maximum Gasteiger partial charge on any atom is 0.313 e. The molecule has 3 rings (SSSR count). The fourth-order valence-corrected chi connectivity index (χ4v) is 3.59. The lowest BCUT2D eigenvalue weighted by atomic mass is 9.72. The van der Waals surface area contributed by atoms with Gasteiger partial charge in [0, 0.05) is 11.8 Å². The summed E-state index contributed by atoms with van der Waals surface area (Å²) >= 11 is 0. The molecule has 0 saturated carbocycles. The molecular weight excluding hydrogens is 399 g/mol. The number of amidine groups is 1. The lowest BCUT2D eigenvalue weighted by molar-refractivity contribution is -0.154. The Morgan fingerprint density at radius 2 is 1.97 bits per heavy atom. The minimum Gasteiger partial charge on any atom is -0.466 e. The first-order chi connectivity index (χ1) is 14.6. The van der Waals surface area contributed by atoms with Crippen LogP contribution < -0.4 is 5.48 Å². The van der Waals surface area contributed by atoms with Gasteiger partial charge in [-0.1, -0.05) is 26.0 Å². The summed E-state index contributed by atoms with van der Waals surface area (Å²) < 4.78 is 20.3. The Morgan fingerprint density at radius 3 is 2.58 bits per heavy atom. The molecule has 2 aromatic rings. The van der Waals surface area contributed by atoms with Crippen molar-refractivity contribution in [1.82, 2.24) is 15.3 Å². The van der Waals surface area contributed by atoms with Crippen LogP contribution in [0, 0.1) is 17.2 Å². The zero-order valence-corrected chi connectivity index (χ0v) is 19.0. The van der Waals surface area contributed by atoms with E-state index in [9.17, 15) is 9.18 Å². The first kappa shape index (κ1) is 22.9. The molecule has 2 heterocycles. The maximum atomic E-state index is 13.4. The Bertz CT molecular complexity index is 952. The second-order valence-corrected chi connectivity index (χ2v) is 8.99. The van der Waals surface area contributed by atoms with Crippen LogP contribution in [0.5, 0.6) is 0 Å². The van der Waals surface area contributed by atoms with Crippen LogP contribution in [-0.2, 0) is 26.3 Å². The van der Waals surface area contributed by atoms with Crippen molar-refractivity contribution < 1.29 is 18.8 Å². The van der Waals surface area contributed by atoms with Gasteiger partial charge < -0.3 is 4.74 Å². The molecule has 2 unspecified atom stereocenters. The van der Waals surface area contributed by atoms with Gasteiger partial charge in [0.05, 0.1) is 30.2 Å². The van der Waals surface area contributed by atoms with Crippen molar-refractivity contribution in [1.29, 1.82) is 0 Å². The average Bonchev–Trinajstić information content (AvgIpc) is 3.37. The van der Waals surface area contributed by atoms with Crippen molar-refractivity contribution >= 4 is 11.8 Å². The van der Waals surface area contributed by atoms with E-state index in [4.69, 9.17) is 14.6 Å². The molecule has 2 atom stereocenters. The molecule has 0 aliphatic carbocycles. The van der Waals surface area contributed by atoms with E-state index in [1.54, 1.807) is 29.9 Å². The third-order valence-corrected chi connectivity index (χ3v) is 5.93. The van der Waals surface area contributed by atoms with Crippen molar-refractivity contribution in [2.24, 2.45) is 16.3 Å². The van der Waals surface area contributed by atoms with Crippen LogP contribution in [0.3, 0.4) is 0 Å². The summed E-state index contributed by atoms with van der Waals surface area (Å²) in [5, 5.41) is 4.37. The predicted molar refractivity (Wildman–Crippen MR) is 116 cm³/mol. The van der Waals surface area contributed by atoms with E-state index in [2.05, 4.69) is 31.3 Å². The number of benzene rings is 1. The van der Waals surface area contributed by atoms with Gasteiger partial charge in [-0.25, -0.2) is 19.7 Å². The number of hydroxylamine groups is 1. The highest BCUT2D eigenvalue weighted by Crippen LogP contribution is 2.37. The van der Waals surface area contributed by atoms with E-state index < -0.39 is 17.1 Å². The topological polar surface area (TPSA) is 77.7 Å². The van der Waals surface area contributed by atoms with Crippen LogP contribution in [0.2, 0.25) is 0 Å². The van der Waals surface area contributed by atoms with Crippen LogP contribution in [0.15, 0.2) is 41.7 Å². The number of ether oxygens (including phenoxy) is 1. The van der Waals surface area contributed by atoms with Gasteiger partial charge in [0.15, 0.2) is 0 Å². The molecule has 0 saturated heterocycles. The van der Waals surface area contributed by atoms with Gasteiger partial charge in [-0.2, -0.15) is 5.10 Å². The molecule has 1 aliphatic heterocycles. The number of nitrogens with one attached hydrogen (secondary N) is 1. The summed E-state index contributed by atoms with van der Waals surface area (Å²) in [5.74, 6) is 0.319. The number of rotatable bonds is 8. The lowest BCUT2D eigenvalue weighted by Gasteiger charge is -2.33. The zero-order valence-electron chi connectivity index (χ0n) is 19.0. The highest BCUT2D eigenvalue weighted by Gasteiger charge is 2.40. The van der Waals surface area contributed by atoms with Crippen molar-refractivity contribution in [3.63, 3.8) is 0 Å². The van der Waals surface area contributed by atoms with E-state index in [1.807, 2.05) is 20.0 Å². The highest BCUT2D eigenvalue weighted by atomic mass is 19.1. The average molecular weight is 431 g/mol. The molecule has 0 amide bonds. The molecule has 1 aromatic carbocycles. The monoisotopic (exact) mass is 430 g/mol. The summed E-state index contributed by atoms with van der Waals surface area (Å²) in [4.78, 5) is 22.7. The molecule has 31 heavy (non-hydrogen) atoms. The maximum absolute atomic E-state index is 13.4. The van der Waals surface area contributed by atoms with Crippen molar-refractivity contribution in [3.05, 3.63) is 53.6 Å². The van der Waals surface area contributed by atoms with Crippen LogP contribution in [-0.4, -0.2) is 28.2 Å². The van der Waals surface area contributed by atoms with E-state index in [0.29, 0.717) is 19.0 Å². The van der Waals surface area contributed by atoms with Gasteiger partial charge in [-0.15, -0.1) is 0 Å². The lowest BCUT2D eigenvalue weighted by Crippen LogP contribution is -2.43. The van der Waals surface area contributed by atoms with Gasteiger partial charge in [-0.3, -0.25) is 9.48 Å². The molecule has 168 valence electrons. The number of esters is 1. The third kappa shape index (κ3) is 4.63. The summed E-state index contributed by atoms with van der Waals surface area (Å²) in [6.45, 7) is 12.4. The summed E-state index contributed by atoms with van der Waals surface area (Å²) in [6.07, 6.45) is 2.95. The predicted octanol–water partition coefficient (Wildman–Crippen LogP) is 4.16. The third-order valence-electron chi connectivity index (χ3n) is 5.93. The molecule has 1 aromatic heterocycles. The number of carbonyl (C=O) groups excluding carboxylic acids is 1. The van der Waals surface area contributed by atoms with Gasteiger partial charge in [0.25, 0.3) is 0 Å². The minimum atomic E-state index is -0.707. The second kappa shape index (κ2) is 8.78. The van der Waals surface area contributed by atoms with Gasteiger partial charge in [0.2, 0.25) is 6.23 Å². The Balaban J connectivity index is 1.81. The molecule has 0 fully saturated rings. The highest BCUT2D eigenvalue weighted by molar-refractivity contribution is 5.93. The molecule has 1 aliphatic rings. The Kier molecular flexibility index (Phi) is 6.50. The fourth-order valence-electron chi connectivity index (χ4n) is 3.59. The van der Waals surface area contributed by atoms with E-state index >= 15 is 0 Å². The molecule has 0 bridgehead atoms. The first-order valence-corrected chi connectivity index (χ1v) is 10.5. The quantitative estimate of drug-likeness (QED) is 0.637. The standard InChI is InChI=1S/C23H31FN4O3/c1-7-30-21(29)22(4,5)14-28-13-16(12-25-28)19-26-20(27-31-19)23(6,15(2)3)17-8-10-18(24)11-9-17/h8-13,15,19H,7,14H2,1-6H3,(H,26,27). The second-order valence-electron chi connectivity index (χ2n) is 8.99. The van der Waals surface area contributed by atoms with E-state index in [-0.39, 0.29) is 17.7 Å². The number of aliphatic imine (C=N–C) groups is 1. The Morgan fingerprint density at radius 1 is 1.29 bits per heavy atom. The van der Waals surface area contributed by atoms with E-state index in [0.717, 1.165) is 11.1 Å². The number of carbonyl (C=O) groups is 1. The molecule has 8 heteroatoms. The largest absolute Gasteiger partial charge is 0.466 e. The molecule has 1 N–H and O–H groups in total. The summed E-state index contributed by atoms with van der Waals surface area (Å²) in [6, 6.07) is 6.48. The van der Waals surface area contributed by atoms with Gasteiger partial charge >= 0.3 is 5.97 Å². The van der Waals surface area contributed by atoms with Crippen molar-refractivity contribution in [2.75, 3.05) is 6.61 Å². The summed E-state index contributed by atoms with van der Waals surface area (Å²) in [7, 11) is 0. The SMILES string of the molecule is CCOC(=O)C(C)(C)Cn1cc(C2N=C(C(C)(c3ccc(F)cc3)C(C)C)NO2)cn1. The van der Waals surface area contributed by atoms with E-state index in [1.165, 1.54) is 12.1 Å². The zero-order chi connectivity index (χ0) is 22.8. The normalized spacial score (nSPS) is 18.5. The fraction of sp³-hybridized carbons (Fsp3) is 0.522. The van der Waals surface area contributed by atoms with Crippen LogP contribution in [0.25, 0.3) is 0 Å². The summed E-state index contributed by atoms with van der Waals surface area (Å²) in [5.41, 5.74) is 3.51. The number of nitrogens with zero attached hydrogens (tertiary/aromatic N) is 3. The number of aromatic nitrogens is 2. The van der Waals surface area contributed by atoms with Crippen LogP contribution >= 0.6 is 0 Å². The number of halogens is 1. The van der Waals surface area contributed by atoms with Crippen LogP contribution in [0.4, 0.5) is 4.39 Å². The Hall–Kier alpha value is -2.74. The van der Waals surface area contributed by atoms with Crippen molar-refractivity contribution in [3.8, 4) is 0 Å². The van der Waals surface area contributed by atoms with Gasteiger partial charge in [0.1, 0.15) is 11.7 Å². The molecule has 7 nitrogen and oxygen atoms in total. The molecule has 0 spiro atoms. The van der Waals surface area contributed by atoms with Gasteiger partial charge in [-0.05, 0) is 51.3 Å². The smallest absolute Gasteiger partial charge is 0.313 e. The van der Waals surface area contributed by atoms with Crippen molar-refractivity contribution in [2.45, 2.75) is 59.7 Å².